The number of esters is 1. The van der Waals surface area contributed by atoms with Gasteiger partial charge in [-0.2, -0.15) is 0 Å². The average Bonchev–Trinajstić information content (AvgIpc) is 2.45. The fourth-order valence-electron chi connectivity index (χ4n) is 1.44. The molecule has 0 aliphatic rings. The zero-order chi connectivity index (χ0) is 15.8. The lowest BCUT2D eigenvalue weighted by Gasteiger charge is -2.13. The number of ether oxygens (including phenoxy) is 2. The molecular formula is C14H18N2O5. The number of imide groups is 1. The molecule has 1 N–H and O–H groups in total. The lowest BCUT2D eigenvalue weighted by atomic mass is 10.2. The Morgan fingerprint density at radius 3 is 2.52 bits per heavy atom. The van der Waals surface area contributed by atoms with E-state index >= 15 is 0 Å². The van der Waals surface area contributed by atoms with Crippen molar-refractivity contribution >= 4 is 23.7 Å². The molecule has 0 saturated heterocycles. The van der Waals surface area contributed by atoms with Gasteiger partial charge in [-0.25, -0.2) is 9.59 Å². The minimum atomic E-state index is -0.867. The maximum absolute atomic E-state index is 11.8. The van der Waals surface area contributed by atoms with Crippen LogP contribution in [0.5, 0.6) is 0 Å². The topological polar surface area (TPSA) is 84.9 Å². The molecule has 0 bridgehead atoms. The van der Waals surface area contributed by atoms with Crippen LogP contribution in [0.1, 0.15) is 17.3 Å². The highest BCUT2D eigenvalue weighted by Crippen LogP contribution is 2.14. The van der Waals surface area contributed by atoms with E-state index in [4.69, 9.17) is 4.74 Å². The van der Waals surface area contributed by atoms with Gasteiger partial charge < -0.3 is 14.4 Å². The van der Waals surface area contributed by atoms with Gasteiger partial charge in [0, 0.05) is 19.8 Å². The van der Waals surface area contributed by atoms with Crippen LogP contribution in [0.25, 0.3) is 0 Å². The van der Waals surface area contributed by atoms with E-state index in [-0.39, 0.29) is 6.61 Å². The molecule has 1 rings (SSSR count). The molecule has 21 heavy (non-hydrogen) atoms. The molecule has 0 aromatic heterocycles. The number of nitrogens with zero attached hydrogens (tertiary/aromatic N) is 1. The van der Waals surface area contributed by atoms with E-state index in [9.17, 15) is 14.4 Å². The second-order valence-electron chi connectivity index (χ2n) is 4.29. The van der Waals surface area contributed by atoms with E-state index in [0.717, 1.165) is 5.69 Å². The van der Waals surface area contributed by atoms with Crippen LogP contribution in [0.3, 0.4) is 0 Å². The van der Waals surface area contributed by atoms with Crippen LogP contribution in [-0.2, 0) is 14.3 Å². The van der Waals surface area contributed by atoms with Crippen LogP contribution >= 0.6 is 0 Å². The monoisotopic (exact) mass is 294 g/mol. The number of alkyl carbamates (subject to hydrolysis) is 1. The number of rotatable bonds is 5. The molecule has 0 aliphatic heterocycles. The standard InChI is InChI=1S/C14H18N2O5/c1-4-20-14(19)15-12(17)9-21-13(18)10-6-5-7-11(8-10)16(2)3/h5-8H,4,9H2,1-3H3,(H,15,17,19). The molecule has 0 aliphatic carbocycles. The molecule has 0 atom stereocenters. The Hall–Kier alpha value is -2.57. The van der Waals surface area contributed by atoms with Crippen molar-refractivity contribution in [1.82, 2.24) is 5.32 Å². The summed E-state index contributed by atoms with van der Waals surface area (Å²) in [6.45, 7) is 1.21. The van der Waals surface area contributed by atoms with Crippen LogP contribution < -0.4 is 10.2 Å². The summed E-state index contributed by atoms with van der Waals surface area (Å²) in [4.78, 5) is 36.0. The summed E-state index contributed by atoms with van der Waals surface area (Å²) in [5, 5.41) is 1.93. The average molecular weight is 294 g/mol. The van der Waals surface area contributed by atoms with E-state index in [2.05, 4.69) is 4.74 Å². The van der Waals surface area contributed by atoms with Crippen molar-refractivity contribution < 1.29 is 23.9 Å². The Morgan fingerprint density at radius 2 is 1.90 bits per heavy atom. The zero-order valence-electron chi connectivity index (χ0n) is 12.2. The van der Waals surface area contributed by atoms with Gasteiger partial charge in [0.05, 0.1) is 12.2 Å². The summed E-state index contributed by atoms with van der Waals surface area (Å²) >= 11 is 0. The fraction of sp³-hybridized carbons (Fsp3) is 0.357. The van der Waals surface area contributed by atoms with Gasteiger partial charge in [-0.15, -0.1) is 0 Å². The summed E-state index contributed by atoms with van der Waals surface area (Å²) in [6.07, 6.45) is -0.867. The van der Waals surface area contributed by atoms with Gasteiger partial charge in [0.15, 0.2) is 6.61 Å². The highest BCUT2D eigenvalue weighted by atomic mass is 16.6. The molecule has 0 radical (unpaired) electrons. The first kappa shape index (κ1) is 16.5. The lowest BCUT2D eigenvalue weighted by Crippen LogP contribution is -2.34. The molecule has 7 nitrogen and oxygen atoms in total. The van der Waals surface area contributed by atoms with E-state index in [1.807, 2.05) is 30.4 Å². The SMILES string of the molecule is CCOC(=O)NC(=O)COC(=O)c1cccc(N(C)C)c1. The van der Waals surface area contributed by atoms with Gasteiger partial charge >= 0.3 is 12.1 Å². The third-order valence-corrected chi connectivity index (χ3v) is 2.45. The molecule has 0 fully saturated rings. The van der Waals surface area contributed by atoms with Crippen molar-refractivity contribution in [3.63, 3.8) is 0 Å². The highest BCUT2D eigenvalue weighted by Gasteiger charge is 2.13. The van der Waals surface area contributed by atoms with Crippen LogP contribution in [0.15, 0.2) is 24.3 Å². The molecule has 0 saturated carbocycles. The Bertz CT molecular complexity index is 528. The molecule has 7 heteroatoms. The first-order valence-electron chi connectivity index (χ1n) is 6.35. The summed E-state index contributed by atoms with van der Waals surface area (Å²) in [5.74, 6) is -1.39. The van der Waals surface area contributed by atoms with E-state index in [0.29, 0.717) is 5.56 Å². The van der Waals surface area contributed by atoms with Crippen molar-refractivity contribution in [2.24, 2.45) is 0 Å². The van der Waals surface area contributed by atoms with Crippen molar-refractivity contribution in [2.75, 3.05) is 32.2 Å². The van der Waals surface area contributed by atoms with Crippen molar-refractivity contribution in [1.29, 1.82) is 0 Å². The van der Waals surface area contributed by atoms with Crippen LogP contribution in [0.4, 0.5) is 10.5 Å². The summed E-state index contributed by atoms with van der Waals surface area (Å²) in [7, 11) is 3.69. The number of benzene rings is 1. The number of carbonyl (C=O) groups excluding carboxylic acids is 3. The van der Waals surface area contributed by atoms with Crippen molar-refractivity contribution in [2.45, 2.75) is 6.92 Å². The largest absolute Gasteiger partial charge is 0.452 e. The Labute approximate surface area is 122 Å². The molecular weight excluding hydrogens is 276 g/mol. The predicted octanol–water partition coefficient (Wildman–Crippen LogP) is 1.18. The number of nitrogens with one attached hydrogen (secondary N) is 1. The number of anilines is 1. The first-order valence-corrected chi connectivity index (χ1v) is 6.35. The minimum Gasteiger partial charge on any atom is -0.452 e. The van der Waals surface area contributed by atoms with Gasteiger partial charge in [0.25, 0.3) is 5.91 Å². The normalized spacial score (nSPS) is 9.67. The van der Waals surface area contributed by atoms with Gasteiger partial charge in [0.1, 0.15) is 0 Å². The van der Waals surface area contributed by atoms with Gasteiger partial charge in [-0.05, 0) is 25.1 Å². The molecule has 0 spiro atoms. The number of amides is 2. The second kappa shape index (κ2) is 7.88. The van der Waals surface area contributed by atoms with Crippen LogP contribution in [0, 0.1) is 0 Å². The van der Waals surface area contributed by atoms with Crippen LogP contribution in [0.2, 0.25) is 0 Å². The zero-order valence-corrected chi connectivity index (χ0v) is 12.2. The molecule has 0 heterocycles. The third-order valence-electron chi connectivity index (χ3n) is 2.45. The molecule has 114 valence electrons. The fourth-order valence-corrected chi connectivity index (χ4v) is 1.44. The summed E-state index contributed by atoms with van der Waals surface area (Å²) in [5.41, 5.74) is 1.16. The van der Waals surface area contributed by atoms with E-state index in [1.165, 1.54) is 0 Å². The Balaban J connectivity index is 2.52. The van der Waals surface area contributed by atoms with Gasteiger partial charge in [-0.1, -0.05) is 6.07 Å². The van der Waals surface area contributed by atoms with Crippen molar-refractivity contribution in [3.05, 3.63) is 29.8 Å². The van der Waals surface area contributed by atoms with Crippen molar-refractivity contribution in [3.8, 4) is 0 Å². The van der Waals surface area contributed by atoms with Gasteiger partial charge in [0.2, 0.25) is 0 Å². The highest BCUT2D eigenvalue weighted by molar-refractivity contribution is 5.95. The van der Waals surface area contributed by atoms with Crippen LogP contribution in [-0.4, -0.2) is 45.3 Å². The third kappa shape index (κ3) is 5.52. The minimum absolute atomic E-state index is 0.149. The number of hydrogen-bond acceptors (Lipinski definition) is 6. The number of carbonyl (C=O) groups is 3. The second-order valence-corrected chi connectivity index (χ2v) is 4.29. The molecule has 2 amide bonds. The Kier molecular flexibility index (Phi) is 6.19. The van der Waals surface area contributed by atoms with E-state index in [1.54, 1.807) is 25.1 Å². The molecule has 1 aromatic rings. The summed E-state index contributed by atoms with van der Waals surface area (Å²) in [6, 6.07) is 6.78. The van der Waals surface area contributed by atoms with Gasteiger partial charge in [-0.3, -0.25) is 10.1 Å². The maximum atomic E-state index is 11.8. The maximum Gasteiger partial charge on any atom is 0.413 e. The summed E-state index contributed by atoms with van der Waals surface area (Å²) < 4.78 is 9.36. The van der Waals surface area contributed by atoms with E-state index < -0.39 is 24.6 Å². The smallest absolute Gasteiger partial charge is 0.413 e. The quantitative estimate of drug-likeness (QED) is 0.821. The lowest BCUT2D eigenvalue weighted by molar-refractivity contribution is -0.123. The predicted molar refractivity (Wildman–Crippen MR) is 76.2 cm³/mol. The Morgan fingerprint density at radius 1 is 1.19 bits per heavy atom. The molecule has 0 unspecified atom stereocenters. The molecule has 1 aromatic carbocycles. The number of hydrogen-bond donors (Lipinski definition) is 1. The first-order chi connectivity index (χ1) is 9.93.